The van der Waals surface area contributed by atoms with Gasteiger partial charge < -0.3 is 29.2 Å². The summed E-state index contributed by atoms with van der Waals surface area (Å²) >= 11 is 0. The molecule has 2 aliphatic heterocycles. The van der Waals surface area contributed by atoms with Crippen molar-refractivity contribution in [2.45, 2.75) is 0 Å². The Kier molecular flexibility index (Phi) is 7.66. The third-order valence-electron chi connectivity index (χ3n) is 5.75. The lowest BCUT2D eigenvalue weighted by molar-refractivity contribution is -0.121. The Morgan fingerprint density at radius 2 is 1.85 bits per heavy atom. The van der Waals surface area contributed by atoms with Crippen LogP contribution in [-0.4, -0.2) is 76.9 Å². The molecule has 9 heteroatoms. The lowest BCUT2D eigenvalue weighted by Crippen LogP contribution is -2.45. The standard InChI is InChI=1S/C25H29N3O6/c1-31-21-7-3-18(15-23(21)32-2)4-8-24(29)26-19-5-6-20-22(16-19)34-17-25(30)28(20)10-9-27-11-13-33-14-12-27/h3-8,15-16H,9-14,17H2,1-2H3,(H,26,29)/b8-4+. The van der Waals surface area contributed by atoms with Crippen LogP contribution in [-0.2, 0) is 14.3 Å². The Bertz CT molecular complexity index is 1060. The summed E-state index contributed by atoms with van der Waals surface area (Å²) in [6, 6.07) is 10.7. The quantitative estimate of drug-likeness (QED) is 0.597. The second-order valence-electron chi connectivity index (χ2n) is 7.91. The van der Waals surface area contributed by atoms with E-state index < -0.39 is 0 Å². The van der Waals surface area contributed by atoms with Crippen molar-refractivity contribution in [3.8, 4) is 17.2 Å². The Morgan fingerprint density at radius 3 is 2.62 bits per heavy atom. The van der Waals surface area contributed by atoms with Gasteiger partial charge in [-0.3, -0.25) is 14.5 Å². The van der Waals surface area contributed by atoms with Gasteiger partial charge >= 0.3 is 0 Å². The average Bonchev–Trinajstić information content (AvgIpc) is 2.87. The first-order valence-corrected chi connectivity index (χ1v) is 11.2. The number of nitrogens with zero attached hydrogens (tertiary/aromatic N) is 2. The number of ether oxygens (including phenoxy) is 4. The summed E-state index contributed by atoms with van der Waals surface area (Å²) in [5.41, 5.74) is 2.10. The second-order valence-corrected chi connectivity index (χ2v) is 7.91. The van der Waals surface area contributed by atoms with Gasteiger partial charge in [-0.25, -0.2) is 0 Å². The lowest BCUT2D eigenvalue weighted by atomic mass is 10.2. The maximum atomic E-state index is 12.5. The summed E-state index contributed by atoms with van der Waals surface area (Å²) in [4.78, 5) is 28.9. The first-order chi connectivity index (χ1) is 16.6. The van der Waals surface area contributed by atoms with Crippen molar-refractivity contribution in [1.29, 1.82) is 0 Å². The molecule has 1 N–H and O–H groups in total. The van der Waals surface area contributed by atoms with E-state index >= 15 is 0 Å². The number of carbonyl (C=O) groups is 2. The summed E-state index contributed by atoms with van der Waals surface area (Å²) in [5.74, 6) is 1.42. The van der Waals surface area contributed by atoms with Crippen LogP contribution in [0.25, 0.3) is 6.08 Å². The first-order valence-electron chi connectivity index (χ1n) is 11.2. The molecule has 1 saturated heterocycles. The Labute approximate surface area is 198 Å². The van der Waals surface area contributed by atoms with Crippen LogP contribution in [0.4, 0.5) is 11.4 Å². The van der Waals surface area contributed by atoms with Crippen molar-refractivity contribution in [3.63, 3.8) is 0 Å². The number of rotatable bonds is 8. The largest absolute Gasteiger partial charge is 0.493 e. The highest BCUT2D eigenvalue weighted by atomic mass is 16.5. The molecule has 1 fully saturated rings. The van der Waals surface area contributed by atoms with Gasteiger partial charge in [-0.2, -0.15) is 0 Å². The number of hydrogen-bond acceptors (Lipinski definition) is 7. The van der Waals surface area contributed by atoms with Gasteiger partial charge in [0.2, 0.25) is 5.91 Å². The maximum Gasteiger partial charge on any atom is 0.265 e. The van der Waals surface area contributed by atoms with Gasteiger partial charge in [-0.1, -0.05) is 6.07 Å². The summed E-state index contributed by atoms with van der Waals surface area (Å²) < 4.78 is 21.5. The summed E-state index contributed by atoms with van der Waals surface area (Å²) in [5, 5.41) is 2.84. The molecule has 9 nitrogen and oxygen atoms in total. The smallest absolute Gasteiger partial charge is 0.265 e. The number of hydrogen-bond donors (Lipinski definition) is 1. The highest BCUT2D eigenvalue weighted by Crippen LogP contribution is 2.34. The predicted octanol–water partition coefficient (Wildman–Crippen LogP) is 2.41. The van der Waals surface area contributed by atoms with Crippen LogP contribution in [0, 0.1) is 0 Å². The van der Waals surface area contributed by atoms with Gasteiger partial charge in [-0.15, -0.1) is 0 Å². The van der Waals surface area contributed by atoms with Crippen LogP contribution in [0.5, 0.6) is 17.2 Å². The molecule has 0 radical (unpaired) electrons. The van der Waals surface area contributed by atoms with Crippen LogP contribution in [0.3, 0.4) is 0 Å². The van der Waals surface area contributed by atoms with E-state index in [0.29, 0.717) is 35.2 Å². The molecule has 0 atom stereocenters. The van der Waals surface area contributed by atoms with E-state index in [4.69, 9.17) is 18.9 Å². The molecule has 2 aromatic carbocycles. The van der Waals surface area contributed by atoms with Gasteiger partial charge in [-0.05, 0) is 35.9 Å². The van der Waals surface area contributed by atoms with Gasteiger partial charge in [0.25, 0.3) is 5.91 Å². The monoisotopic (exact) mass is 467 g/mol. The molecule has 0 spiro atoms. The van der Waals surface area contributed by atoms with E-state index in [0.717, 1.165) is 38.4 Å². The number of benzene rings is 2. The number of morpholine rings is 1. The van der Waals surface area contributed by atoms with E-state index in [1.54, 1.807) is 55.5 Å². The van der Waals surface area contributed by atoms with Gasteiger partial charge in [0.15, 0.2) is 18.1 Å². The Morgan fingerprint density at radius 1 is 1.06 bits per heavy atom. The van der Waals surface area contributed by atoms with Gasteiger partial charge in [0.1, 0.15) is 5.75 Å². The molecule has 0 aromatic heterocycles. The van der Waals surface area contributed by atoms with Crippen molar-refractivity contribution in [2.24, 2.45) is 0 Å². The van der Waals surface area contributed by atoms with Crippen LogP contribution >= 0.6 is 0 Å². The topological polar surface area (TPSA) is 89.6 Å². The Balaban J connectivity index is 1.39. The molecular formula is C25H29N3O6. The molecule has 180 valence electrons. The Hall–Kier alpha value is -3.56. The summed E-state index contributed by atoms with van der Waals surface area (Å²) in [7, 11) is 3.13. The van der Waals surface area contributed by atoms with Crippen LogP contribution in [0.15, 0.2) is 42.5 Å². The molecule has 0 bridgehead atoms. The van der Waals surface area contributed by atoms with E-state index in [1.165, 1.54) is 6.08 Å². The van der Waals surface area contributed by atoms with Gasteiger partial charge in [0, 0.05) is 44.0 Å². The zero-order chi connectivity index (χ0) is 23.9. The fourth-order valence-corrected chi connectivity index (χ4v) is 3.91. The third kappa shape index (κ3) is 5.67. The third-order valence-corrected chi connectivity index (χ3v) is 5.75. The maximum absolute atomic E-state index is 12.5. The molecule has 0 aliphatic carbocycles. The predicted molar refractivity (Wildman–Crippen MR) is 129 cm³/mol. The lowest BCUT2D eigenvalue weighted by Gasteiger charge is -2.33. The molecule has 2 heterocycles. The second kappa shape index (κ2) is 11.0. The molecule has 4 rings (SSSR count). The molecular weight excluding hydrogens is 438 g/mol. The fourth-order valence-electron chi connectivity index (χ4n) is 3.91. The SMILES string of the molecule is COc1ccc(/C=C/C(=O)Nc2ccc3c(c2)OCC(=O)N3CCN2CCOCC2)cc1OC. The summed E-state index contributed by atoms with van der Waals surface area (Å²) in [6.07, 6.45) is 3.14. The van der Waals surface area contributed by atoms with E-state index in [2.05, 4.69) is 10.2 Å². The number of fused-ring (bicyclic) bond motifs is 1. The molecule has 34 heavy (non-hydrogen) atoms. The fraction of sp³-hybridized carbons (Fsp3) is 0.360. The van der Waals surface area contributed by atoms with Crippen LogP contribution < -0.4 is 24.4 Å². The molecule has 2 aromatic rings. The van der Waals surface area contributed by atoms with Crippen molar-refractivity contribution in [1.82, 2.24) is 4.90 Å². The van der Waals surface area contributed by atoms with Crippen molar-refractivity contribution in [2.75, 3.05) is 70.4 Å². The van der Waals surface area contributed by atoms with Crippen molar-refractivity contribution in [3.05, 3.63) is 48.0 Å². The average molecular weight is 468 g/mol. The zero-order valence-electron chi connectivity index (χ0n) is 19.4. The molecule has 2 amide bonds. The minimum atomic E-state index is -0.286. The minimum absolute atomic E-state index is 0.0211. The van der Waals surface area contributed by atoms with E-state index in [1.807, 2.05) is 6.07 Å². The van der Waals surface area contributed by atoms with E-state index in [9.17, 15) is 9.59 Å². The van der Waals surface area contributed by atoms with Crippen LogP contribution in [0.2, 0.25) is 0 Å². The molecule has 2 aliphatic rings. The highest BCUT2D eigenvalue weighted by Gasteiger charge is 2.26. The molecule has 0 unspecified atom stereocenters. The number of anilines is 2. The van der Waals surface area contributed by atoms with E-state index in [-0.39, 0.29) is 18.4 Å². The number of nitrogens with one attached hydrogen (secondary N) is 1. The number of methoxy groups -OCH3 is 2. The number of amides is 2. The highest BCUT2D eigenvalue weighted by molar-refractivity contribution is 6.03. The summed E-state index contributed by atoms with van der Waals surface area (Å²) in [6.45, 7) is 4.50. The van der Waals surface area contributed by atoms with Crippen LogP contribution in [0.1, 0.15) is 5.56 Å². The van der Waals surface area contributed by atoms with Crippen molar-refractivity contribution >= 4 is 29.3 Å². The van der Waals surface area contributed by atoms with Crippen molar-refractivity contribution < 1.29 is 28.5 Å². The minimum Gasteiger partial charge on any atom is -0.493 e. The molecule has 0 saturated carbocycles. The zero-order valence-corrected chi connectivity index (χ0v) is 19.4. The first kappa shape index (κ1) is 23.6. The van der Waals surface area contributed by atoms with Gasteiger partial charge in [0.05, 0.1) is 33.1 Å². The number of carbonyl (C=O) groups excluding carboxylic acids is 2. The normalized spacial score (nSPS) is 16.2.